The third-order valence-corrected chi connectivity index (χ3v) is 3.94. The number of nitrogens with zero attached hydrogens (tertiary/aromatic N) is 2. The lowest BCUT2D eigenvalue weighted by Gasteiger charge is -2.18. The van der Waals surface area contributed by atoms with Crippen molar-refractivity contribution in [2.45, 2.75) is 58.4 Å². The van der Waals surface area contributed by atoms with Gasteiger partial charge in [-0.25, -0.2) is 0 Å². The molecule has 23 heavy (non-hydrogen) atoms. The van der Waals surface area contributed by atoms with Crippen LogP contribution in [0.1, 0.15) is 42.8 Å². The number of halogens is 4. The first kappa shape index (κ1) is 19.8. The van der Waals surface area contributed by atoms with Crippen molar-refractivity contribution in [1.82, 2.24) is 20.4 Å². The molecule has 0 radical (unpaired) electrons. The van der Waals surface area contributed by atoms with Crippen LogP contribution in [0.2, 0.25) is 0 Å². The van der Waals surface area contributed by atoms with E-state index in [9.17, 15) is 18.0 Å². The molecule has 0 aliphatic carbocycles. The maximum atomic E-state index is 12.5. The van der Waals surface area contributed by atoms with Gasteiger partial charge in [0.1, 0.15) is 6.54 Å². The standard InChI is InChI=1S/C14H21F3N4O.ClH/c1-8(19-13(22)11-5-4-6-18-11)12-9(2)20-21(10(12)3)7-14(15,16)17;/h8,11,18H,4-7H2,1-3H3,(H,19,22);1H. The molecule has 0 bridgehead atoms. The number of carbonyl (C=O) groups is 1. The van der Waals surface area contributed by atoms with E-state index in [0.717, 1.165) is 24.1 Å². The molecule has 1 aliphatic heterocycles. The predicted octanol–water partition coefficient (Wildman–Crippen LogP) is 2.41. The molecule has 1 amide bonds. The van der Waals surface area contributed by atoms with E-state index in [1.165, 1.54) is 0 Å². The van der Waals surface area contributed by atoms with Crippen molar-refractivity contribution in [2.75, 3.05) is 6.54 Å². The summed E-state index contributed by atoms with van der Waals surface area (Å²) in [5.74, 6) is -0.118. The Morgan fingerprint density at radius 3 is 2.65 bits per heavy atom. The molecule has 2 heterocycles. The fourth-order valence-corrected chi connectivity index (χ4v) is 2.96. The summed E-state index contributed by atoms with van der Waals surface area (Å²) in [7, 11) is 0. The van der Waals surface area contributed by atoms with Crippen LogP contribution in [-0.4, -0.2) is 34.5 Å². The zero-order valence-electron chi connectivity index (χ0n) is 13.3. The topological polar surface area (TPSA) is 59.0 Å². The molecule has 1 aromatic heterocycles. The minimum atomic E-state index is -4.32. The first-order valence-electron chi connectivity index (χ1n) is 7.33. The van der Waals surface area contributed by atoms with Crippen LogP contribution in [0, 0.1) is 13.8 Å². The Bertz CT molecular complexity index is 553. The van der Waals surface area contributed by atoms with Crippen LogP contribution in [0.25, 0.3) is 0 Å². The molecule has 1 fully saturated rings. The van der Waals surface area contributed by atoms with E-state index in [4.69, 9.17) is 0 Å². The average molecular weight is 355 g/mol. The van der Waals surface area contributed by atoms with Gasteiger partial charge in [-0.1, -0.05) is 0 Å². The molecule has 9 heteroatoms. The van der Waals surface area contributed by atoms with Gasteiger partial charge in [0.05, 0.1) is 17.8 Å². The molecule has 2 rings (SSSR count). The van der Waals surface area contributed by atoms with E-state index in [-0.39, 0.29) is 30.4 Å². The second-order valence-electron chi connectivity index (χ2n) is 5.74. The summed E-state index contributed by atoms with van der Waals surface area (Å²) in [6.07, 6.45) is -2.58. The highest BCUT2D eigenvalue weighted by Crippen LogP contribution is 2.25. The average Bonchev–Trinajstić information content (AvgIpc) is 2.97. The minimum Gasteiger partial charge on any atom is -0.348 e. The Kier molecular flexibility index (Phi) is 6.47. The van der Waals surface area contributed by atoms with Crippen molar-refractivity contribution in [3.8, 4) is 0 Å². The van der Waals surface area contributed by atoms with Gasteiger partial charge < -0.3 is 10.6 Å². The van der Waals surface area contributed by atoms with Gasteiger partial charge in [-0.2, -0.15) is 18.3 Å². The molecule has 5 nitrogen and oxygen atoms in total. The van der Waals surface area contributed by atoms with Gasteiger partial charge in [0.25, 0.3) is 0 Å². The van der Waals surface area contributed by atoms with Crippen LogP contribution in [0.4, 0.5) is 13.2 Å². The van der Waals surface area contributed by atoms with Crippen LogP contribution in [0.3, 0.4) is 0 Å². The maximum Gasteiger partial charge on any atom is 0.408 e. The molecule has 132 valence electrons. The Labute approximate surface area is 139 Å². The molecule has 2 atom stereocenters. The maximum absolute atomic E-state index is 12.5. The van der Waals surface area contributed by atoms with Crippen molar-refractivity contribution in [2.24, 2.45) is 0 Å². The number of carbonyl (C=O) groups excluding carboxylic acids is 1. The smallest absolute Gasteiger partial charge is 0.348 e. The third kappa shape index (κ3) is 4.84. The largest absolute Gasteiger partial charge is 0.408 e. The number of rotatable bonds is 4. The van der Waals surface area contributed by atoms with Gasteiger partial charge in [-0.05, 0) is 40.2 Å². The fourth-order valence-electron chi connectivity index (χ4n) is 2.96. The third-order valence-electron chi connectivity index (χ3n) is 3.94. The number of nitrogens with one attached hydrogen (secondary N) is 2. The first-order chi connectivity index (χ1) is 10.2. The van der Waals surface area contributed by atoms with Crippen molar-refractivity contribution < 1.29 is 18.0 Å². The van der Waals surface area contributed by atoms with Gasteiger partial charge in [0, 0.05) is 11.3 Å². The first-order valence-corrected chi connectivity index (χ1v) is 7.33. The number of amides is 1. The second kappa shape index (κ2) is 7.53. The van der Waals surface area contributed by atoms with Crippen molar-refractivity contribution in [3.05, 3.63) is 17.0 Å². The predicted molar refractivity (Wildman–Crippen MR) is 82.6 cm³/mol. The quantitative estimate of drug-likeness (QED) is 0.873. The van der Waals surface area contributed by atoms with Crippen LogP contribution >= 0.6 is 12.4 Å². The van der Waals surface area contributed by atoms with E-state index in [1.54, 1.807) is 20.8 Å². The van der Waals surface area contributed by atoms with E-state index < -0.39 is 12.7 Å². The monoisotopic (exact) mass is 354 g/mol. The van der Waals surface area contributed by atoms with Crippen LogP contribution in [-0.2, 0) is 11.3 Å². The van der Waals surface area contributed by atoms with Gasteiger partial charge >= 0.3 is 6.18 Å². The lowest BCUT2D eigenvalue weighted by molar-refractivity contribution is -0.143. The minimum absolute atomic E-state index is 0. The summed E-state index contributed by atoms with van der Waals surface area (Å²) >= 11 is 0. The number of aromatic nitrogens is 2. The van der Waals surface area contributed by atoms with Gasteiger partial charge in [-0.15, -0.1) is 12.4 Å². The summed E-state index contributed by atoms with van der Waals surface area (Å²) in [4.78, 5) is 12.1. The molecule has 0 aromatic carbocycles. The lowest BCUT2D eigenvalue weighted by Crippen LogP contribution is -2.41. The van der Waals surface area contributed by atoms with Crippen molar-refractivity contribution >= 4 is 18.3 Å². The summed E-state index contributed by atoms with van der Waals surface area (Å²) in [6, 6.07) is -0.592. The number of aryl methyl sites for hydroxylation is 1. The molecule has 1 aliphatic rings. The van der Waals surface area contributed by atoms with E-state index >= 15 is 0 Å². The highest BCUT2D eigenvalue weighted by Gasteiger charge is 2.31. The van der Waals surface area contributed by atoms with Gasteiger partial charge in [0.15, 0.2) is 0 Å². The summed E-state index contributed by atoms with van der Waals surface area (Å²) in [6.45, 7) is 4.71. The van der Waals surface area contributed by atoms with E-state index in [0.29, 0.717) is 17.0 Å². The molecule has 2 N–H and O–H groups in total. The van der Waals surface area contributed by atoms with Crippen LogP contribution < -0.4 is 10.6 Å². The SMILES string of the molecule is Cc1nn(CC(F)(F)F)c(C)c1C(C)NC(=O)C1CCCN1.Cl. The molecule has 1 saturated heterocycles. The zero-order chi connectivity index (χ0) is 16.5. The molecule has 1 aromatic rings. The molecule has 0 spiro atoms. The van der Waals surface area contributed by atoms with Gasteiger partial charge in [0.2, 0.25) is 5.91 Å². The normalized spacial score (nSPS) is 19.3. The van der Waals surface area contributed by atoms with E-state index in [1.807, 2.05) is 0 Å². The zero-order valence-corrected chi connectivity index (χ0v) is 14.1. The molecular weight excluding hydrogens is 333 g/mol. The highest BCUT2D eigenvalue weighted by molar-refractivity contribution is 5.85. The second-order valence-corrected chi connectivity index (χ2v) is 5.74. The molecular formula is C14H22ClF3N4O. The lowest BCUT2D eigenvalue weighted by atomic mass is 10.1. The summed E-state index contributed by atoms with van der Waals surface area (Å²) < 4.78 is 38.6. The van der Waals surface area contributed by atoms with Crippen LogP contribution in [0.5, 0.6) is 0 Å². The Balaban J connectivity index is 0.00000264. The highest BCUT2D eigenvalue weighted by atomic mass is 35.5. The van der Waals surface area contributed by atoms with Gasteiger partial charge in [-0.3, -0.25) is 9.48 Å². The number of alkyl halides is 3. The number of hydrogen-bond donors (Lipinski definition) is 2. The van der Waals surface area contributed by atoms with Crippen molar-refractivity contribution in [1.29, 1.82) is 0 Å². The summed E-state index contributed by atoms with van der Waals surface area (Å²) in [5, 5.41) is 9.91. The summed E-state index contributed by atoms with van der Waals surface area (Å²) in [5.41, 5.74) is 1.59. The van der Waals surface area contributed by atoms with Crippen molar-refractivity contribution in [3.63, 3.8) is 0 Å². The Morgan fingerprint density at radius 1 is 1.48 bits per heavy atom. The van der Waals surface area contributed by atoms with Crippen LogP contribution in [0.15, 0.2) is 0 Å². The fraction of sp³-hybridized carbons (Fsp3) is 0.714. The Hall–Kier alpha value is -1.28. The number of hydrogen-bond acceptors (Lipinski definition) is 3. The van der Waals surface area contributed by atoms with E-state index in [2.05, 4.69) is 15.7 Å². The molecule has 2 unspecified atom stereocenters. The molecule has 0 saturated carbocycles. The Morgan fingerprint density at radius 2 is 2.13 bits per heavy atom.